The van der Waals surface area contributed by atoms with E-state index in [0.29, 0.717) is 27.8 Å². The van der Waals surface area contributed by atoms with Crippen molar-refractivity contribution in [1.82, 2.24) is 15.2 Å². The minimum Gasteiger partial charge on any atom is -0.325 e. The van der Waals surface area contributed by atoms with Crippen molar-refractivity contribution >= 4 is 29.1 Å². The summed E-state index contributed by atoms with van der Waals surface area (Å²) in [7, 11) is 0. The number of Topliss-reactive ketones (excluding diaryl/α,β-unsaturated/α-hetero) is 1. The molecule has 0 spiro atoms. The Morgan fingerprint density at radius 2 is 1.96 bits per heavy atom. The molecule has 0 unspecified atom stereocenters. The van der Waals surface area contributed by atoms with Crippen molar-refractivity contribution in [2.75, 3.05) is 11.1 Å². The Balaban J connectivity index is 1.57. The summed E-state index contributed by atoms with van der Waals surface area (Å²) in [5.41, 5.74) is 1.80. The zero-order valence-corrected chi connectivity index (χ0v) is 14.6. The van der Waals surface area contributed by atoms with Crippen LogP contribution in [0.2, 0.25) is 0 Å². The fourth-order valence-electron chi connectivity index (χ4n) is 2.19. The van der Waals surface area contributed by atoms with Crippen LogP contribution in [0.4, 0.5) is 10.1 Å². The molecule has 132 valence electrons. The van der Waals surface area contributed by atoms with E-state index in [0.717, 1.165) is 0 Å². The summed E-state index contributed by atoms with van der Waals surface area (Å²) >= 11 is 1.17. The first-order valence-electron chi connectivity index (χ1n) is 7.73. The lowest BCUT2D eigenvalue weighted by atomic mass is 10.1. The molecule has 0 aliphatic carbocycles. The molecule has 1 heterocycles. The number of amides is 1. The van der Waals surface area contributed by atoms with E-state index in [1.54, 1.807) is 36.4 Å². The third-order valence-electron chi connectivity index (χ3n) is 3.47. The first kappa shape index (κ1) is 17.8. The van der Waals surface area contributed by atoms with Gasteiger partial charge in [-0.2, -0.15) is 0 Å². The highest BCUT2D eigenvalue weighted by Gasteiger charge is 2.10. The number of halogens is 1. The van der Waals surface area contributed by atoms with E-state index in [-0.39, 0.29) is 23.3 Å². The Morgan fingerprint density at radius 3 is 2.69 bits per heavy atom. The highest BCUT2D eigenvalue weighted by atomic mass is 32.2. The van der Waals surface area contributed by atoms with E-state index in [4.69, 9.17) is 0 Å². The predicted molar refractivity (Wildman–Crippen MR) is 97.6 cm³/mol. The van der Waals surface area contributed by atoms with Gasteiger partial charge in [0.2, 0.25) is 11.1 Å². The molecule has 2 aromatic carbocycles. The van der Waals surface area contributed by atoms with Gasteiger partial charge in [-0.15, -0.1) is 5.10 Å². The number of hydrogen-bond acceptors (Lipinski definition) is 5. The maximum Gasteiger partial charge on any atom is 0.234 e. The van der Waals surface area contributed by atoms with E-state index < -0.39 is 0 Å². The largest absolute Gasteiger partial charge is 0.325 e. The SMILES string of the molecule is CC(=O)c1cccc(NC(=O)CSc2n[nH]c(-c3ccc(F)cc3)n2)c1. The molecule has 0 saturated carbocycles. The standard InChI is InChI=1S/C18H15FN4O2S/c1-11(24)13-3-2-4-15(9-13)20-16(25)10-26-18-21-17(22-23-18)12-5-7-14(19)8-6-12/h2-9H,10H2,1H3,(H,20,25)(H,21,22,23). The lowest BCUT2D eigenvalue weighted by Crippen LogP contribution is -2.14. The lowest BCUT2D eigenvalue weighted by molar-refractivity contribution is -0.113. The van der Waals surface area contributed by atoms with Crippen LogP contribution in [0.25, 0.3) is 11.4 Å². The van der Waals surface area contributed by atoms with Crippen LogP contribution in [0.5, 0.6) is 0 Å². The fraction of sp³-hybridized carbons (Fsp3) is 0.111. The third kappa shape index (κ3) is 4.54. The Bertz CT molecular complexity index is 940. The average Bonchev–Trinajstić information content (AvgIpc) is 3.10. The van der Waals surface area contributed by atoms with E-state index >= 15 is 0 Å². The summed E-state index contributed by atoms with van der Waals surface area (Å²) in [4.78, 5) is 27.7. The van der Waals surface area contributed by atoms with Gasteiger partial charge in [0, 0.05) is 16.8 Å². The summed E-state index contributed by atoms with van der Waals surface area (Å²) in [5, 5.41) is 9.95. The molecule has 2 N–H and O–H groups in total. The van der Waals surface area contributed by atoms with Crippen LogP contribution in [0, 0.1) is 5.82 Å². The predicted octanol–water partition coefficient (Wildman–Crippen LogP) is 3.54. The van der Waals surface area contributed by atoms with Gasteiger partial charge in [0.1, 0.15) is 5.82 Å². The van der Waals surface area contributed by atoms with Crippen LogP contribution in [-0.4, -0.2) is 32.6 Å². The van der Waals surface area contributed by atoms with E-state index in [1.807, 2.05) is 0 Å². The Hall–Kier alpha value is -3.00. The maximum absolute atomic E-state index is 13.0. The highest BCUT2D eigenvalue weighted by Crippen LogP contribution is 2.20. The molecule has 3 aromatic rings. The lowest BCUT2D eigenvalue weighted by Gasteiger charge is -2.05. The van der Waals surface area contributed by atoms with Crippen molar-refractivity contribution in [1.29, 1.82) is 0 Å². The van der Waals surface area contributed by atoms with Crippen molar-refractivity contribution in [3.63, 3.8) is 0 Å². The number of anilines is 1. The summed E-state index contributed by atoms with van der Waals surface area (Å²) in [6, 6.07) is 12.6. The second-order valence-electron chi connectivity index (χ2n) is 5.45. The minimum atomic E-state index is -0.326. The number of hydrogen-bond donors (Lipinski definition) is 2. The van der Waals surface area contributed by atoms with Gasteiger partial charge in [-0.3, -0.25) is 14.7 Å². The molecule has 0 bridgehead atoms. The zero-order chi connectivity index (χ0) is 18.5. The smallest absolute Gasteiger partial charge is 0.234 e. The second kappa shape index (κ2) is 7.92. The number of aromatic nitrogens is 3. The van der Waals surface area contributed by atoms with Gasteiger partial charge in [-0.1, -0.05) is 23.9 Å². The van der Waals surface area contributed by atoms with E-state index in [2.05, 4.69) is 20.5 Å². The molecule has 6 nitrogen and oxygen atoms in total. The van der Waals surface area contributed by atoms with Crippen molar-refractivity contribution in [2.24, 2.45) is 0 Å². The van der Waals surface area contributed by atoms with Crippen molar-refractivity contribution < 1.29 is 14.0 Å². The maximum atomic E-state index is 13.0. The molecule has 8 heteroatoms. The number of rotatable bonds is 6. The molecule has 26 heavy (non-hydrogen) atoms. The second-order valence-corrected chi connectivity index (χ2v) is 6.39. The normalized spacial score (nSPS) is 10.5. The number of carbonyl (C=O) groups excluding carboxylic acids is 2. The third-order valence-corrected chi connectivity index (χ3v) is 4.32. The highest BCUT2D eigenvalue weighted by molar-refractivity contribution is 7.99. The number of benzene rings is 2. The molecule has 0 fully saturated rings. The molecule has 1 aromatic heterocycles. The molecule has 0 radical (unpaired) electrons. The Labute approximate surface area is 153 Å². The number of carbonyl (C=O) groups is 2. The fourth-order valence-corrected chi connectivity index (χ4v) is 2.79. The monoisotopic (exact) mass is 370 g/mol. The van der Waals surface area contributed by atoms with Gasteiger partial charge in [0.15, 0.2) is 11.6 Å². The van der Waals surface area contributed by atoms with Gasteiger partial charge >= 0.3 is 0 Å². The Morgan fingerprint density at radius 1 is 1.19 bits per heavy atom. The molecule has 0 saturated heterocycles. The first-order valence-corrected chi connectivity index (χ1v) is 8.72. The Kier molecular flexibility index (Phi) is 5.43. The van der Waals surface area contributed by atoms with Crippen LogP contribution < -0.4 is 5.32 Å². The van der Waals surface area contributed by atoms with Crippen LogP contribution in [-0.2, 0) is 4.79 Å². The van der Waals surface area contributed by atoms with Gasteiger partial charge < -0.3 is 5.32 Å². The van der Waals surface area contributed by atoms with Crippen LogP contribution in [0.15, 0.2) is 53.7 Å². The van der Waals surface area contributed by atoms with Gasteiger partial charge in [-0.25, -0.2) is 9.37 Å². The zero-order valence-electron chi connectivity index (χ0n) is 13.8. The first-order chi connectivity index (χ1) is 12.5. The summed E-state index contributed by atoms with van der Waals surface area (Å²) < 4.78 is 13.0. The quantitative estimate of drug-likeness (QED) is 0.512. The van der Waals surface area contributed by atoms with Crippen molar-refractivity contribution in [3.8, 4) is 11.4 Å². The number of thioether (sulfide) groups is 1. The number of H-pyrrole nitrogens is 1. The summed E-state index contributed by atoms with van der Waals surface area (Å²) in [6.07, 6.45) is 0. The van der Waals surface area contributed by atoms with Crippen LogP contribution in [0.1, 0.15) is 17.3 Å². The van der Waals surface area contributed by atoms with Crippen LogP contribution >= 0.6 is 11.8 Å². The van der Waals surface area contributed by atoms with Gasteiger partial charge in [-0.05, 0) is 43.3 Å². The van der Waals surface area contributed by atoms with Gasteiger partial charge in [0.25, 0.3) is 0 Å². The number of ketones is 1. The molecule has 0 atom stereocenters. The molecule has 0 aliphatic rings. The van der Waals surface area contributed by atoms with Gasteiger partial charge in [0.05, 0.1) is 5.75 Å². The number of nitrogens with one attached hydrogen (secondary N) is 2. The van der Waals surface area contributed by atoms with Crippen LogP contribution in [0.3, 0.4) is 0 Å². The number of nitrogens with zero attached hydrogens (tertiary/aromatic N) is 2. The summed E-state index contributed by atoms with van der Waals surface area (Å²) in [5.74, 6) is -0.00540. The average molecular weight is 370 g/mol. The minimum absolute atomic E-state index is 0.0653. The molecular formula is C18H15FN4O2S. The van der Waals surface area contributed by atoms with E-state index in [1.165, 1.54) is 30.8 Å². The molecule has 1 amide bonds. The molecular weight excluding hydrogens is 355 g/mol. The van der Waals surface area contributed by atoms with Crippen molar-refractivity contribution in [3.05, 3.63) is 59.9 Å². The molecule has 0 aliphatic heterocycles. The topological polar surface area (TPSA) is 87.7 Å². The van der Waals surface area contributed by atoms with E-state index in [9.17, 15) is 14.0 Å². The number of aromatic amines is 1. The van der Waals surface area contributed by atoms with Crippen molar-refractivity contribution in [2.45, 2.75) is 12.1 Å². The summed E-state index contributed by atoms with van der Waals surface area (Å²) in [6.45, 7) is 1.47. The molecule has 3 rings (SSSR count).